The molecule has 0 atom stereocenters. The minimum Gasteiger partial charge on any atom is -0.420 e. The molecule has 0 unspecified atom stereocenters. The van der Waals surface area contributed by atoms with Crippen molar-refractivity contribution in [1.29, 1.82) is 0 Å². The molecule has 518 valence electrons. The first-order valence-electron chi connectivity index (χ1n) is 37.5. The molecule has 0 aliphatic carbocycles. The third kappa shape index (κ3) is 9.02. The summed E-state index contributed by atoms with van der Waals surface area (Å²) in [7, 11) is 2.04. The molecule has 0 spiro atoms. The molecule has 0 saturated heterocycles. The van der Waals surface area contributed by atoms with Crippen LogP contribution in [0.25, 0.3) is 178 Å². The molecule has 27 rings (SSSR count). The van der Waals surface area contributed by atoms with Gasteiger partial charge in [-0.25, -0.2) is 4.57 Å². The van der Waals surface area contributed by atoms with Gasteiger partial charge in [0.25, 0.3) is 44.3 Å². The van der Waals surface area contributed by atoms with Crippen molar-refractivity contribution in [2.45, 2.75) is 32.7 Å². The number of imidazole rings is 1. The summed E-state index contributed by atoms with van der Waals surface area (Å²) in [6.07, 6.45) is 18.2. The van der Waals surface area contributed by atoms with E-state index in [0.29, 0.717) is 23.5 Å². The van der Waals surface area contributed by atoms with Crippen LogP contribution in [0.4, 0.5) is 0 Å². The number of hydrogen-bond donors (Lipinski definition) is 0. The fraction of sp³-hybridized carbons (Fsp3) is 0.0787. The Labute approximate surface area is 626 Å². The van der Waals surface area contributed by atoms with Crippen molar-refractivity contribution in [2.24, 2.45) is 14.0 Å². The molecule has 0 N–H and O–H groups in total. The number of aromatic nitrogens is 14. The molecule has 20 heterocycles. The normalized spacial score (nSPS) is 13.4. The van der Waals surface area contributed by atoms with Gasteiger partial charge in [0.2, 0.25) is 5.52 Å². The van der Waals surface area contributed by atoms with Crippen LogP contribution >= 0.6 is 11.3 Å². The highest BCUT2D eigenvalue weighted by Gasteiger charge is 2.43. The smallest absolute Gasteiger partial charge is 0.384 e. The molecule has 19 nitrogen and oxygen atoms in total. The zero-order valence-corrected chi connectivity index (χ0v) is 59.0. The summed E-state index contributed by atoms with van der Waals surface area (Å²) in [6, 6.07) is 71.9. The van der Waals surface area contributed by atoms with Crippen molar-refractivity contribution in [1.82, 2.24) is 43.2 Å². The van der Waals surface area contributed by atoms with Crippen molar-refractivity contribution in [3.63, 3.8) is 0 Å². The van der Waals surface area contributed by atoms with Crippen molar-refractivity contribution in [3.05, 3.63) is 302 Å². The number of pyridine rings is 5. The lowest BCUT2D eigenvalue weighted by Crippen LogP contribution is -2.31. The van der Waals surface area contributed by atoms with Gasteiger partial charge in [-0.05, 0) is 78.9 Å². The Morgan fingerprint density at radius 1 is 0.349 bits per heavy atom. The molecule has 20 heteroatoms. The second-order valence-corrected chi connectivity index (χ2v) is 28.8. The fourth-order valence-electron chi connectivity index (χ4n) is 17.1. The maximum absolute atomic E-state index is 8.27. The number of furan rings is 1. The average Bonchev–Trinajstić information content (AvgIpc) is 1.53. The van der Waals surface area contributed by atoms with Crippen molar-refractivity contribution >= 4 is 120 Å². The molecule has 5 aliphatic rings. The molecule has 0 radical (unpaired) electrons. The first-order valence-corrected chi connectivity index (χ1v) is 36.9. The van der Waals surface area contributed by atoms with Crippen LogP contribution in [0.5, 0.6) is 0 Å². The molecule has 0 saturated carbocycles. The summed E-state index contributed by atoms with van der Waals surface area (Å²) >= 11 is 1.69. The summed E-state index contributed by atoms with van der Waals surface area (Å²) in [6.45, 7) is 1.80. The van der Waals surface area contributed by atoms with Crippen molar-refractivity contribution < 1.29 is 49.0 Å². The van der Waals surface area contributed by atoms with Crippen LogP contribution in [0.15, 0.2) is 296 Å². The summed E-state index contributed by atoms with van der Waals surface area (Å²) in [4.78, 5) is 22.3. The number of para-hydroxylation sites is 2. The van der Waals surface area contributed by atoms with Gasteiger partial charge < -0.3 is 31.2 Å². The molecular weight excluding hydrogens is 1380 g/mol. The monoisotopic (exact) mass is 1440 g/mol. The Hall–Kier alpha value is -14.2. The molecule has 0 amide bonds. The molecule has 5 aliphatic heterocycles. The maximum atomic E-state index is 8.27. The Kier molecular flexibility index (Phi) is 12.6. The van der Waals surface area contributed by atoms with E-state index < -0.39 is 6.98 Å². The summed E-state index contributed by atoms with van der Waals surface area (Å²) in [5.74, 6) is 5.30. The lowest BCUT2D eigenvalue weighted by molar-refractivity contribution is -0.648. The second kappa shape index (κ2) is 23.6. The van der Waals surface area contributed by atoms with Crippen LogP contribution in [0.2, 0.25) is 0 Å². The van der Waals surface area contributed by atoms with Gasteiger partial charge in [-0.3, -0.25) is 29.5 Å². The van der Waals surface area contributed by atoms with E-state index in [1.54, 1.807) is 36.0 Å². The quantitative estimate of drug-likeness (QED) is 0.152. The molecular formula is C89H61N14O5S+5. The first-order chi connectivity index (χ1) is 55.1. The molecule has 109 heavy (non-hydrogen) atoms. The van der Waals surface area contributed by atoms with Gasteiger partial charge >= 0.3 is 34.9 Å². The van der Waals surface area contributed by atoms with Crippen LogP contribution in [0.3, 0.4) is 0 Å². The van der Waals surface area contributed by atoms with E-state index in [-0.39, 0.29) is 0 Å². The summed E-state index contributed by atoms with van der Waals surface area (Å²) < 4.78 is 75.3. The van der Waals surface area contributed by atoms with Gasteiger partial charge in [0.05, 0.1) is 65.9 Å². The van der Waals surface area contributed by atoms with Gasteiger partial charge in [-0.2, -0.15) is 9.13 Å². The van der Waals surface area contributed by atoms with Crippen molar-refractivity contribution in [3.8, 4) is 68.6 Å². The Morgan fingerprint density at radius 3 is 1.37 bits per heavy atom. The van der Waals surface area contributed by atoms with Crippen LogP contribution in [-0.4, -0.2) is 43.2 Å². The molecule has 0 bridgehead atoms. The minimum atomic E-state index is -2.32. The largest absolute Gasteiger partial charge is 0.420 e. The van der Waals surface area contributed by atoms with E-state index in [1.807, 2.05) is 141 Å². The standard InChI is InChI=1S/C22H17N4.C21H14N3O.C16H12N3O.C15H9N2O2.C15H9N2OS/c1-24-19-11-12-23-13-18(19)20-22(24)26(16-8-3-2-4-9-16)21-17-10-6-5-7-15(17)14-25(20)21;1-2-7-15(8-3-1)24-18-10-11-22-12-17(18)19-21(24)25-20-16-9-5-4-6-14(16)13-23(19)20;1-18-13-6-7-17-8-12(13)14-16(18)20-15-11-5-3-2-4-10(11)9-19(14)15;1-2-4-10-9(3-1)8-17-13-11-7-16-6-5-12(11)18-15(13)19-14(10)17;1-2-4-10-9(3-1)8-17-13-11-7-16-6-5-12(11)19-15(13)18-14(10)17/h2-13H,14H2,1H3;1-12H,13H2;2-8H,9H2,1H3;2*1-7H,8H2/q5*+1/i1D3;;;;. The van der Waals surface area contributed by atoms with Gasteiger partial charge in [0.1, 0.15) is 23.2 Å². The van der Waals surface area contributed by atoms with Gasteiger partial charge in [0, 0.05) is 124 Å². The fourth-order valence-corrected chi connectivity index (χ4v) is 18.1. The van der Waals surface area contributed by atoms with Gasteiger partial charge in [-0.1, -0.05) is 139 Å². The number of rotatable bonds is 2. The van der Waals surface area contributed by atoms with E-state index in [0.717, 1.165) is 155 Å². The zero-order valence-electron chi connectivity index (χ0n) is 61.2. The average molecular weight is 1440 g/mol. The lowest BCUT2D eigenvalue weighted by Gasteiger charge is -2.03. The number of aryl methyl sites for hydroxylation is 2. The highest BCUT2D eigenvalue weighted by Crippen LogP contribution is 2.43. The highest BCUT2D eigenvalue weighted by atomic mass is 32.1. The predicted octanol–water partition coefficient (Wildman–Crippen LogP) is 16.8. The van der Waals surface area contributed by atoms with Gasteiger partial charge in [-0.15, -0.1) is 13.7 Å². The summed E-state index contributed by atoms with van der Waals surface area (Å²) in [5.41, 5.74) is 25.9. The van der Waals surface area contributed by atoms with E-state index in [4.69, 9.17) is 26.2 Å². The lowest BCUT2D eigenvalue weighted by atomic mass is 10.1. The zero-order chi connectivity index (χ0) is 74.2. The van der Waals surface area contributed by atoms with E-state index in [9.17, 15) is 0 Å². The number of thiophene rings is 1. The summed E-state index contributed by atoms with van der Waals surface area (Å²) in [5, 5.41) is 5.30. The minimum absolute atomic E-state index is 0.576. The van der Waals surface area contributed by atoms with E-state index in [1.165, 1.54) is 64.7 Å². The molecule has 0 fully saturated rings. The van der Waals surface area contributed by atoms with Gasteiger partial charge in [0.15, 0.2) is 26.2 Å². The number of oxazole rings is 4. The van der Waals surface area contributed by atoms with E-state index >= 15 is 0 Å². The number of fused-ring (bicyclic) bond motifs is 35. The molecule has 22 aromatic rings. The third-order valence-electron chi connectivity index (χ3n) is 21.9. The Balaban J connectivity index is 0.0000000843. The van der Waals surface area contributed by atoms with Crippen LogP contribution in [0, 0.1) is 0 Å². The number of hydrogen-bond acceptors (Lipinski definition) is 11. The van der Waals surface area contributed by atoms with Crippen LogP contribution < -0.4 is 22.8 Å². The molecule has 7 aromatic carbocycles. The molecule has 15 aromatic heterocycles. The van der Waals surface area contributed by atoms with E-state index in [2.05, 4.69) is 177 Å². The van der Waals surface area contributed by atoms with Crippen molar-refractivity contribution in [2.75, 3.05) is 0 Å². The number of benzene rings is 7. The maximum Gasteiger partial charge on any atom is 0.384 e. The second-order valence-electron chi connectivity index (χ2n) is 27.8. The third-order valence-corrected chi connectivity index (χ3v) is 22.9. The van der Waals surface area contributed by atoms with Crippen LogP contribution in [-0.2, 0) is 46.7 Å². The Morgan fingerprint density at radius 2 is 0.771 bits per heavy atom. The number of nitrogens with zero attached hydrogens (tertiary/aromatic N) is 14. The Bertz CT molecular complexity index is 7500. The predicted molar refractivity (Wildman–Crippen MR) is 416 cm³/mol. The SMILES string of the molecule is Cn1c2ccncc2c2c1oc1[n+]2Cc2ccccc2-1.[2H]C([2H])([2H])n1c2ccncc2c2c1n(-c1ccccc1)c1[n+]2Cc2ccccc2-1.c1ccc(-n2c3ccncc3c3c2oc2[n+]3Cc3ccccc3-2)cc1.c1ccc2c(c1)C[n+]1c-2oc2oc3ccncc3c21.c1ccc2c(c1)C[n+]1c-2oc2sc3ccncc3c21. The highest BCUT2D eigenvalue weighted by molar-refractivity contribution is 7.25. The topological polar surface area (TPSA) is 169 Å². The first kappa shape index (κ1) is 58.1. The van der Waals surface area contributed by atoms with Crippen LogP contribution in [0.1, 0.15) is 31.9 Å².